The average Bonchev–Trinajstić information content (AvgIpc) is 3.53. The number of pyridine rings is 1. The van der Waals surface area contributed by atoms with Crippen LogP contribution >= 0.6 is 0 Å². The highest BCUT2D eigenvalue weighted by molar-refractivity contribution is 5.95. The monoisotopic (exact) mass is 602 g/mol. The number of hydrogen-bond donors (Lipinski definition) is 1. The number of imidazole rings is 1. The summed E-state index contributed by atoms with van der Waals surface area (Å²) in [6.45, 7) is 3.11. The second-order valence-corrected chi connectivity index (χ2v) is 12.1. The van der Waals surface area contributed by atoms with Crippen molar-refractivity contribution in [1.82, 2.24) is 39.0 Å². The Balaban J connectivity index is 1.20. The van der Waals surface area contributed by atoms with Gasteiger partial charge < -0.3 is 14.6 Å². The molecule has 4 heterocycles. The number of hydrogen-bond acceptors (Lipinski definition) is 6. The first-order chi connectivity index (χ1) is 21.8. The summed E-state index contributed by atoms with van der Waals surface area (Å²) < 4.78 is 6.11. The number of likely N-dealkylation sites (N-methyl/N-ethyl adjacent to an activating group) is 1. The van der Waals surface area contributed by atoms with Gasteiger partial charge >= 0.3 is 0 Å². The van der Waals surface area contributed by atoms with Crippen LogP contribution in [-0.2, 0) is 33.5 Å². The minimum atomic E-state index is -0.0931. The summed E-state index contributed by atoms with van der Waals surface area (Å²) in [7, 11) is 5.76. The SMILES string of the molecule is CCc1nc2nn(C)cc2cc1-c1nc(-c2cccc3nn(CCc4ccc(C(=O)N(C)CCO)cc4)cc23)c(C2CC2)n1C. The van der Waals surface area contributed by atoms with Gasteiger partial charge in [-0.1, -0.05) is 31.2 Å². The molecule has 1 aliphatic carbocycles. The molecule has 0 unspecified atom stereocenters. The molecule has 10 heteroatoms. The van der Waals surface area contributed by atoms with Gasteiger partial charge in [0, 0.05) is 85.7 Å². The molecule has 10 nitrogen and oxygen atoms in total. The van der Waals surface area contributed by atoms with Crippen LogP contribution < -0.4 is 0 Å². The van der Waals surface area contributed by atoms with Crippen LogP contribution in [0.5, 0.6) is 0 Å². The van der Waals surface area contributed by atoms with E-state index < -0.39 is 0 Å². The lowest BCUT2D eigenvalue weighted by Gasteiger charge is -2.15. The standard InChI is InChI=1S/C35H38N8O2/c1-5-29-27(19-25-20-41(3)39-33(25)36-29)34-37-31(32(42(34)4)23-13-14-23)26-7-6-8-30-28(26)21-43(38-30)16-15-22-9-11-24(12-10-22)35(45)40(2)17-18-44/h6-12,19-21,23,44H,5,13-18H2,1-4H3. The number of carbonyl (C=O) groups is 1. The summed E-state index contributed by atoms with van der Waals surface area (Å²) in [4.78, 5) is 24.3. The summed E-state index contributed by atoms with van der Waals surface area (Å²) in [5.74, 6) is 1.34. The lowest BCUT2D eigenvalue weighted by Crippen LogP contribution is -2.29. The topological polar surface area (TPSA) is 107 Å². The second kappa shape index (κ2) is 11.6. The first kappa shape index (κ1) is 28.9. The van der Waals surface area contributed by atoms with E-state index in [1.54, 1.807) is 7.05 Å². The molecule has 230 valence electrons. The molecular formula is C35H38N8O2. The van der Waals surface area contributed by atoms with Gasteiger partial charge in [-0.05, 0) is 55.5 Å². The van der Waals surface area contributed by atoms with Crippen molar-refractivity contribution in [2.45, 2.75) is 45.1 Å². The number of aliphatic hydroxyl groups excluding tert-OH is 1. The number of nitrogens with zero attached hydrogens (tertiary/aromatic N) is 8. The van der Waals surface area contributed by atoms with Crippen molar-refractivity contribution in [3.8, 4) is 22.6 Å². The highest BCUT2D eigenvalue weighted by Gasteiger charge is 2.33. The van der Waals surface area contributed by atoms with E-state index in [4.69, 9.17) is 20.2 Å². The van der Waals surface area contributed by atoms with Crippen LogP contribution in [0, 0.1) is 0 Å². The number of aliphatic hydroxyl groups is 1. The molecule has 0 spiro atoms. The molecule has 1 N–H and O–H groups in total. The first-order valence-electron chi connectivity index (χ1n) is 15.7. The molecule has 4 aromatic heterocycles. The molecule has 0 atom stereocenters. The molecule has 6 aromatic rings. The molecule has 0 bridgehead atoms. The number of rotatable bonds is 10. The average molecular weight is 603 g/mol. The fraction of sp³-hybridized carbons (Fsp3) is 0.343. The Morgan fingerprint density at radius 2 is 1.82 bits per heavy atom. The lowest BCUT2D eigenvalue weighted by atomic mass is 10.0. The van der Waals surface area contributed by atoms with Gasteiger partial charge in [-0.15, -0.1) is 0 Å². The van der Waals surface area contributed by atoms with E-state index in [1.165, 1.54) is 23.4 Å². The Hall–Kier alpha value is -4.83. The predicted molar refractivity (Wildman–Crippen MR) is 175 cm³/mol. The molecule has 1 amide bonds. The molecule has 1 saturated carbocycles. The largest absolute Gasteiger partial charge is 0.395 e. The van der Waals surface area contributed by atoms with Gasteiger partial charge in [0.05, 0.1) is 23.5 Å². The van der Waals surface area contributed by atoms with Crippen molar-refractivity contribution in [2.75, 3.05) is 20.2 Å². The van der Waals surface area contributed by atoms with E-state index >= 15 is 0 Å². The van der Waals surface area contributed by atoms with Crippen molar-refractivity contribution in [2.24, 2.45) is 14.1 Å². The smallest absolute Gasteiger partial charge is 0.253 e. The Labute approximate surface area is 261 Å². The Morgan fingerprint density at radius 3 is 2.56 bits per heavy atom. The number of benzene rings is 2. The van der Waals surface area contributed by atoms with E-state index in [9.17, 15) is 4.79 Å². The number of aryl methyl sites for hydroxylation is 4. The number of fused-ring (bicyclic) bond motifs is 2. The lowest BCUT2D eigenvalue weighted by molar-refractivity contribution is 0.0767. The van der Waals surface area contributed by atoms with Gasteiger partial charge in [0.15, 0.2) is 5.65 Å². The van der Waals surface area contributed by atoms with E-state index in [0.717, 1.165) is 68.7 Å². The third kappa shape index (κ3) is 5.39. The Bertz CT molecular complexity index is 2030. The molecule has 0 aliphatic heterocycles. The molecule has 1 fully saturated rings. The van der Waals surface area contributed by atoms with Gasteiger partial charge in [-0.25, -0.2) is 9.97 Å². The van der Waals surface area contributed by atoms with Crippen LogP contribution in [0.4, 0.5) is 0 Å². The van der Waals surface area contributed by atoms with Crippen LogP contribution in [0.25, 0.3) is 44.6 Å². The van der Waals surface area contributed by atoms with Crippen LogP contribution in [0.15, 0.2) is 60.9 Å². The van der Waals surface area contributed by atoms with Crippen molar-refractivity contribution in [3.63, 3.8) is 0 Å². The maximum absolute atomic E-state index is 12.5. The van der Waals surface area contributed by atoms with Gasteiger partial charge in [-0.3, -0.25) is 14.2 Å². The third-order valence-electron chi connectivity index (χ3n) is 8.83. The predicted octanol–water partition coefficient (Wildman–Crippen LogP) is 5.13. The van der Waals surface area contributed by atoms with Gasteiger partial charge in [0.25, 0.3) is 5.91 Å². The van der Waals surface area contributed by atoms with E-state index in [2.05, 4.69) is 54.1 Å². The molecule has 1 aliphatic rings. The third-order valence-corrected chi connectivity index (χ3v) is 8.83. The van der Waals surface area contributed by atoms with E-state index in [1.807, 2.05) is 46.9 Å². The molecule has 7 rings (SSSR count). The summed E-state index contributed by atoms with van der Waals surface area (Å²) >= 11 is 0. The van der Waals surface area contributed by atoms with Gasteiger partial charge in [0.1, 0.15) is 5.82 Å². The number of carbonyl (C=O) groups excluding carboxylic acids is 1. The number of aromatic nitrogens is 7. The normalized spacial score (nSPS) is 13.3. The Morgan fingerprint density at radius 1 is 1.02 bits per heavy atom. The van der Waals surface area contributed by atoms with Crippen molar-refractivity contribution >= 4 is 27.8 Å². The summed E-state index contributed by atoms with van der Waals surface area (Å²) in [5, 5.41) is 20.7. The van der Waals surface area contributed by atoms with Crippen LogP contribution in [-0.4, -0.2) is 70.2 Å². The maximum atomic E-state index is 12.5. The maximum Gasteiger partial charge on any atom is 0.253 e. The van der Waals surface area contributed by atoms with Crippen molar-refractivity contribution in [1.29, 1.82) is 0 Å². The van der Waals surface area contributed by atoms with Crippen molar-refractivity contribution < 1.29 is 9.90 Å². The fourth-order valence-corrected chi connectivity index (χ4v) is 6.29. The highest BCUT2D eigenvalue weighted by atomic mass is 16.3. The second-order valence-electron chi connectivity index (χ2n) is 12.1. The van der Waals surface area contributed by atoms with Crippen LogP contribution in [0.3, 0.4) is 0 Å². The van der Waals surface area contributed by atoms with Crippen LogP contribution in [0.2, 0.25) is 0 Å². The molecule has 2 aromatic carbocycles. The first-order valence-corrected chi connectivity index (χ1v) is 15.7. The van der Waals surface area contributed by atoms with E-state index in [-0.39, 0.29) is 12.5 Å². The zero-order chi connectivity index (χ0) is 31.2. The quantitative estimate of drug-likeness (QED) is 0.233. The summed E-state index contributed by atoms with van der Waals surface area (Å²) in [6.07, 6.45) is 8.07. The summed E-state index contributed by atoms with van der Waals surface area (Å²) in [6, 6.07) is 16.2. The zero-order valence-electron chi connectivity index (χ0n) is 26.2. The van der Waals surface area contributed by atoms with Crippen LogP contribution in [0.1, 0.15) is 53.0 Å². The van der Waals surface area contributed by atoms with Gasteiger partial charge in [-0.2, -0.15) is 10.2 Å². The Kier molecular flexibility index (Phi) is 7.45. The molecule has 0 saturated heterocycles. The molecule has 45 heavy (non-hydrogen) atoms. The minimum Gasteiger partial charge on any atom is -0.395 e. The summed E-state index contributed by atoms with van der Waals surface area (Å²) in [5.41, 5.74) is 8.93. The molecule has 0 radical (unpaired) electrons. The minimum absolute atomic E-state index is 0.0523. The highest BCUT2D eigenvalue weighted by Crippen LogP contribution is 2.47. The van der Waals surface area contributed by atoms with E-state index in [0.29, 0.717) is 24.6 Å². The number of amides is 1. The fourth-order valence-electron chi connectivity index (χ4n) is 6.29. The van der Waals surface area contributed by atoms with Gasteiger partial charge in [0.2, 0.25) is 0 Å². The van der Waals surface area contributed by atoms with Crippen molar-refractivity contribution in [3.05, 3.63) is 83.4 Å². The zero-order valence-corrected chi connectivity index (χ0v) is 26.2. The molecular weight excluding hydrogens is 564 g/mol.